The van der Waals surface area contributed by atoms with Gasteiger partial charge < -0.3 is 9.47 Å². The van der Waals surface area contributed by atoms with E-state index in [1.807, 2.05) is 12.1 Å². The molecule has 1 saturated heterocycles. The quantitative estimate of drug-likeness (QED) is 0.373. The summed E-state index contributed by atoms with van der Waals surface area (Å²) in [6.07, 6.45) is 3.96. The number of carbonyl (C=O) groups is 2. The highest BCUT2D eigenvalue weighted by molar-refractivity contribution is 8.18. The Balaban J connectivity index is 1.93. The second kappa shape index (κ2) is 9.60. The maximum Gasteiger partial charge on any atom is 0.293 e. The molecule has 2 aromatic carbocycles. The van der Waals surface area contributed by atoms with E-state index in [4.69, 9.17) is 32.7 Å². The van der Waals surface area contributed by atoms with E-state index < -0.39 is 0 Å². The van der Waals surface area contributed by atoms with Crippen LogP contribution in [-0.4, -0.2) is 30.2 Å². The van der Waals surface area contributed by atoms with E-state index in [1.54, 1.807) is 37.5 Å². The number of nitrogens with zero attached hydrogens (tertiary/aromatic N) is 1. The molecule has 1 aliphatic heterocycles. The largest absolute Gasteiger partial charge is 0.493 e. The standard InChI is InChI=1S/C22H19Cl2NO4S/c1-4-5-15-8-14(11-19-21(26)25(2)22(27)30-19)10-18(28-3)20(15)29-12-13-6-7-16(23)17(24)9-13/h4,6-11H,1,5,12H2,2-3H3/b19-11-. The zero-order valence-electron chi connectivity index (χ0n) is 16.4. The zero-order valence-corrected chi connectivity index (χ0v) is 18.7. The highest BCUT2D eigenvalue weighted by Crippen LogP contribution is 2.37. The molecule has 0 bridgehead atoms. The molecule has 8 heteroatoms. The van der Waals surface area contributed by atoms with Gasteiger partial charge in [0, 0.05) is 12.6 Å². The summed E-state index contributed by atoms with van der Waals surface area (Å²) in [7, 11) is 3.00. The minimum atomic E-state index is -0.325. The first-order valence-electron chi connectivity index (χ1n) is 8.94. The fourth-order valence-electron chi connectivity index (χ4n) is 2.87. The van der Waals surface area contributed by atoms with Crippen LogP contribution in [0.3, 0.4) is 0 Å². The van der Waals surface area contributed by atoms with Gasteiger partial charge in [0.1, 0.15) is 6.61 Å². The molecule has 30 heavy (non-hydrogen) atoms. The smallest absolute Gasteiger partial charge is 0.293 e. The van der Waals surface area contributed by atoms with Gasteiger partial charge >= 0.3 is 0 Å². The highest BCUT2D eigenvalue weighted by atomic mass is 35.5. The van der Waals surface area contributed by atoms with Gasteiger partial charge in [0.25, 0.3) is 11.1 Å². The molecule has 2 aromatic rings. The van der Waals surface area contributed by atoms with Crippen LogP contribution in [-0.2, 0) is 17.8 Å². The van der Waals surface area contributed by atoms with Crippen molar-refractivity contribution in [1.82, 2.24) is 4.90 Å². The number of imide groups is 1. The number of hydrogen-bond donors (Lipinski definition) is 0. The minimum absolute atomic E-state index is 0.269. The van der Waals surface area contributed by atoms with Crippen LogP contribution >= 0.6 is 35.0 Å². The SMILES string of the molecule is C=CCc1cc(/C=C2\SC(=O)N(C)C2=O)cc(OC)c1OCc1ccc(Cl)c(Cl)c1. The first-order valence-corrected chi connectivity index (χ1v) is 10.5. The number of allylic oxidation sites excluding steroid dienone is 1. The zero-order chi connectivity index (χ0) is 21.8. The van der Waals surface area contributed by atoms with Crippen LogP contribution in [0.25, 0.3) is 6.08 Å². The lowest BCUT2D eigenvalue weighted by Gasteiger charge is -2.16. The first-order chi connectivity index (χ1) is 14.3. The number of hydrogen-bond acceptors (Lipinski definition) is 5. The van der Waals surface area contributed by atoms with Gasteiger partial charge in [-0.1, -0.05) is 35.3 Å². The van der Waals surface area contributed by atoms with Crippen molar-refractivity contribution in [3.8, 4) is 11.5 Å². The van der Waals surface area contributed by atoms with E-state index in [-0.39, 0.29) is 17.8 Å². The summed E-state index contributed by atoms with van der Waals surface area (Å²) >= 11 is 13.0. The van der Waals surface area contributed by atoms with Crippen molar-refractivity contribution in [2.45, 2.75) is 13.0 Å². The van der Waals surface area contributed by atoms with Gasteiger partial charge in [0.2, 0.25) is 0 Å². The predicted molar refractivity (Wildman–Crippen MR) is 121 cm³/mol. The maximum absolute atomic E-state index is 12.2. The van der Waals surface area contributed by atoms with Crippen LogP contribution in [0.1, 0.15) is 16.7 Å². The van der Waals surface area contributed by atoms with Gasteiger partial charge in [-0.3, -0.25) is 14.5 Å². The molecule has 0 N–H and O–H groups in total. The highest BCUT2D eigenvalue weighted by Gasteiger charge is 2.31. The molecule has 0 saturated carbocycles. The van der Waals surface area contributed by atoms with Crippen molar-refractivity contribution < 1.29 is 19.1 Å². The average molecular weight is 464 g/mol. The van der Waals surface area contributed by atoms with Crippen LogP contribution < -0.4 is 9.47 Å². The van der Waals surface area contributed by atoms with Crippen LogP contribution in [0.4, 0.5) is 4.79 Å². The van der Waals surface area contributed by atoms with E-state index in [0.717, 1.165) is 33.4 Å². The Morgan fingerprint density at radius 3 is 2.53 bits per heavy atom. The molecule has 0 radical (unpaired) electrons. The maximum atomic E-state index is 12.2. The van der Waals surface area contributed by atoms with Crippen molar-refractivity contribution in [3.63, 3.8) is 0 Å². The monoisotopic (exact) mass is 463 g/mol. The Kier molecular flexibility index (Phi) is 7.13. The number of benzene rings is 2. The summed E-state index contributed by atoms with van der Waals surface area (Å²) in [6.45, 7) is 4.07. The van der Waals surface area contributed by atoms with Gasteiger partial charge in [-0.25, -0.2) is 0 Å². The molecule has 0 atom stereocenters. The third-order valence-corrected chi connectivity index (χ3v) is 6.09. The molecule has 2 amide bonds. The lowest BCUT2D eigenvalue weighted by Crippen LogP contribution is -2.22. The summed E-state index contributed by atoms with van der Waals surface area (Å²) in [4.78, 5) is 25.4. The van der Waals surface area contributed by atoms with E-state index in [1.165, 1.54) is 7.05 Å². The Bertz CT molecular complexity index is 1050. The van der Waals surface area contributed by atoms with Gasteiger partial charge in [0.15, 0.2) is 11.5 Å². The molecule has 1 heterocycles. The molecule has 0 aromatic heterocycles. The lowest BCUT2D eigenvalue weighted by atomic mass is 10.0. The fourth-order valence-corrected chi connectivity index (χ4v) is 4.02. The van der Waals surface area contributed by atoms with E-state index in [0.29, 0.717) is 32.9 Å². The van der Waals surface area contributed by atoms with Crippen molar-refractivity contribution in [3.05, 3.63) is 74.6 Å². The van der Waals surface area contributed by atoms with E-state index in [2.05, 4.69) is 6.58 Å². The number of thioether (sulfide) groups is 1. The topological polar surface area (TPSA) is 55.8 Å². The molecule has 0 aliphatic carbocycles. The van der Waals surface area contributed by atoms with Gasteiger partial charge in [0.05, 0.1) is 22.1 Å². The molecule has 1 aliphatic rings. The van der Waals surface area contributed by atoms with Crippen molar-refractivity contribution in [1.29, 1.82) is 0 Å². The van der Waals surface area contributed by atoms with Crippen LogP contribution in [0.2, 0.25) is 10.0 Å². The fraction of sp³-hybridized carbons (Fsp3) is 0.182. The third kappa shape index (κ3) is 4.83. The Labute approximate surface area is 189 Å². The average Bonchev–Trinajstić information content (AvgIpc) is 2.96. The number of ether oxygens (including phenoxy) is 2. The number of methoxy groups -OCH3 is 1. The Morgan fingerprint density at radius 1 is 1.17 bits per heavy atom. The van der Waals surface area contributed by atoms with Crippen molar-refractivity contribution in [2.24, 2.45) is 0 Å². The first kappa shape index (κ1) is 22.3. The number of halogens is 2. The number of carbonyl (C=O) groups excluding carboxylic acids is 2. The Morgan fingerprint density at radius 2 is 1.93 bits per heavy atom. The third-order valence-electron chi connectivity index (χ3n) is 4.39. The van der Waals surface area contributed by atoms with Gasteiger partial charge in [-0.05, 0) is 59.7 Å². The molecular formula is C22H19Cl2NO4S. The predicted octanol–water partition coefficient (Wildman–Crippen LogP) is 5.98. The van der Waals surface area contributed by atoms with Gasteiger partial charge in [-0.15, -0.1) is 6.58 Å². The summed E-state index contributed by atoms with van der Waals surface area (Å²) < 4.78 is 11.6. The molecule has 3 rings (SSSR count). The molecule has 1 fully saturated rings. The van der Waals surface area contributed by atoms with Crippen LogP contribution in [0.15, 0.2) is 47.9 Å². The van der Waals surface area contributed by atoms with Crippen molar-refractivity contribution in [2.75, 3.05) is 14.2 Å². The summed E-state index contributed by atoms with van der Waals surface area (Å²) in [5.41, 5.74) is 2.42. The van der Waals surface area contributed by atoms with E-state index in [9.17, 15) is 9.59 Å². The normalized spacial score (nSPS) is 15.1. The summed E-state index contributed by atoms with van der Waals surface area (Å²) in [5.74, 6) is 0.759. The molecule has 0 spiro atoms. The van der Waals surface area contributed by atoms with E-state index >= 15 is 0 Å². The van der Waals surface area contributed by atoms with Crippen molar-refractivity contribution >= 4 is 52.2 Å². The van der Waals surface area contributed by atoms with Crippen LogP contribution in [0, 0.1) is 0 Å². The molecule has 0 unspecified atom stereocenters. The second-order valence-electron chi connectivity index (χ2n) is 6.48. The minimum Gasteiger partial charge on any atom is -0.493 e. The molecule has 5 nitrogen and oxygen atoms in total. The van der Waals surface area contributed by atoms with Crippen LogP contribution in [0.5, 0.6) is 11.5 Å². The second-order valence-corrected chi connectivity index (χ2v) is 8.29. The number of rotatable bonds is 7. The van der Waals surface area contributed by atoms with Gasteiger partial charge in [-0.2, -0.15) is 0 Å². The molecule has 156 valence electrons. The Hall–Kier alpha value is -2.41. The lowest BCUT2D eigenvalue weighted by molar-refractivity contribution is -0.121. The number of likely N-dealkylation sites (N-methyl/N-ethyl adjacent to an activating group) is 1. The molecular weight excluding hydrogens is 445 g/mol. The number of amides is 2. The summed E-state index contributed by atoms with van der Waals surface area (Å²) in [6, 6.07) is 8.95. The summed E-state index contributed by atoms with van der Waals surface area (Å²) in [5, 5.41) is 0.633.